The van der Waals surface area contributed by atoms with Gasteiger partial charge in [-0.3, -0.25) is 9.69 Å². The molecule has 1 aliphatic carbocycles. The molecular weight excluding hydrogens is 260 g/mol. The van der Waals surface area contributed by atoms with Gasteiger partial charge in [-0.15, -0.1) is 0 Å². The molecule has 0 radical (unpaired) electrons. The fourth-order valence-corrected chi connectivity index (χ4v) is 3.26. The molecule has 0 bridgehead atoms. The van der Waals surface area contributed by atoms with Crippen molar-refractivity contribution < 1.29 is 4.79 Å². The van der Waals surface area contributed by atoms with Crippen LogP contribution >= 0.6 is 0 Å². The number of hydrogen-bond donors (Lipinski definition) is 0. The molecule has 116 valence electrons. The average Bonchev–Trinajstić information content (AvgIpc) is 2.36. The van der Waals surface area contributed by atoms with Gasteiger partial charge in [0.15, 0.2) is 5.78 Å². The van der Waals surface area contributed by atoms with Crippen LogP contribution in [-0.4, -0.2) is 55.4 Å². The van der Waals surface area contributed by atoms with Gasteiger partial charge >= 0.3 is 0 Å². The maximum Gasteiger partial charge on any atom is 0.177 e. The highest BCUT2D eigenvalue weighted by Gasteiger charge is 2.39. The summed E-state index contributed by atoms with van der Waals surface area (Å²) in [7, 11) is 6.37. The van der Waals surface area contributed by atoms with Crippen molar-refractivity contribution in [2.45, 2.75) is 38.6 Å². The van der Waals surface area contributed by atoms with Gasteiger partial charge in [0.25, 0.3) is 0 Å². The molecule has 0 amide bonds. The molecule has 2 rings (SSSR count). The standard InChI is InChI=1S/C18H28N2O/c1-14-7-8-15(2)16(11-14)17(21)12-20(5)13-18(19(3)4)9-6-10-18/h7-8,11H,6,9-10,12-13H2,1-5H3. The smallest absolute Gasteiger partial charge is 0.177 e. The van der Waals surface area contributed by atoms with Crippen LogP contribution in [0.15, 0.2) is 18.2 Å². The third kappa shape index (κ3) is 3.53. The molecule has 1 fully saturated rings. The van der Waals surface area contributed by atoms with E-state index in [9.17, 15) is 4.79 Å². The predicted octanol–water partition coefficient (Wildman–Crippen LogP) is 2.90. The predicted molar refractivity (Wildman–Crippen MR) is 88.0 cm³/mol. The van der Waals surface area contributed by atoms with Crippen LogP contribution in [-0.2, 0) is 0 Å². The number of benzene rings is 1. The van der Waals surface area contributed by atoms with Crippen LogP contribution < -0.4 is 0 Å². The molecular formula is C18H28N2O. The number of aryl methyl sites for hydroxylation is 2. The van der Waals surface area contributed by atoms with Gasteiger partial charge in [-0.1, -0.05) is 17.7 Å². The summed E-state index contributed by atoms with van der Waals surface area (Å²) in [5, 5.41) is 0. The lowest BCUT2D eigenvalue weighted by atomic mass is 9.75. The zero-order chi connectivity index (χ0) is 15.6. The van der Waals surface area contributed by atoms with Crippen molar-refractivity contribution >= 4 is 5.78 Å². The second-order valence-electron chi connectivity index (χ2n) is 6.89. The van der Waals surface area contributed by atoms with E-state index in [1.54, 1.807) is 0 Å². The topological polar surface area (TPSA) is 23.6 Å². The first-order chi connectivity index (χ1) is 9.84. The lowest BCUT2D eigenvalue weighted by Crippen LogP contribution is -2.57. The van der Waals surface area contributed by atoms with Gasteiger partial charge in [-0.2, -0.15) is 0 Å². The molecule has 1 saturated carbocycles. The van der Waals surface area contributed by atoms with E-state index in [-0.39, 0.29) is 11.3 Å². The first-order valence-corrected chi connectivity index (χ1v) is 7.80. The number of rotatable bonds is 6. The van der Waals surface area contributed by atoms with Crippen LogP contribution in [0.5, 0.6) is 0 Å². The van der Waals surface area contributed by atoms with Crippen molar-refractivity contribution in [1.29, 1.82) is 0 Å². The Hall–Kier alpha value is -1.19. The van der Waals surface area contributed by atoms with Gasteiger partial charge in [-0.25, -0.2) is 0 Å². The van der Waals surface area contributed by atoms with Crippen molar-refractivity contribution in [3.8, 4) is 0 Å². The quantitative estimate of drug-likeness (QED) is 0.752. The van der Waals surface area contributed by atoms with Crippen molar-refractivity contribution in [2.24, 2.45) is 0 Å². The second kappa shape index (κ2) is 6.29. The first-order valence-electron chi connectivity index (χ1n) is 7.80. The Morgan fingerprint density at radius 3 is 2.38 bits per heavy atom. The van der Waals surface area contributed by atoms with Gasteiger partial charge < -0.3 is 4.90 Å². The van der Waals surface area contributed by atoms with Crippen LogP contribution in [0.1, 0.15) is 40.7 Å². The minimum atomic E-state index is 0.229. The van der Waals surface area contributed by atoms with E-state index in [2.05, 4.69) is 37.0 Å². The second-order valence-corrected chi connectivity index (χ2v) is 6.89. The van der Waals surface area contributed by atoms with Gasteiger partial charge in [0, 0.05) is 17.6 Å². The maximum absolute atomic E-state index is 12.5. The summed E-state index contributed by atoms with van der Waals surface area (Å²) in [6.45, 7) is 5.52. The largest absolute Gasteiger partial charge is 0.302 e. The summed E-state index contributed by atoms with van der Waals surface area (Å²) in [6, 6.07) is 6.11. The molecule has 1 aromatic rings. The Bertz CT molecular complexity index is 518. The van der Waals surface area contributed by atoms with E-state index < -0.39 is 0 Å². The molecule has 3 nitrogen and oxygen atoms in total. The van der Waals surface area contributed by atoms with Crippen LogP contribution in [0.3, 0.4) is 0 Å². The fourth-order valence-electron chi connectivity index (χ4n) is 3.26. The Balaban J connectivity index is 2.00. The van der Waals surface area contributed by atoms with Crippen LogP contribution in [0, 0.1) is 13.8 Å². The number of Topliss-reactive ketones (excluding diaryl/α,β-unsaturated/α-hetero) is 1. The van der Waals surface area contributed by atoms with Crippen LogP contribution in [0.25, 0.3) is 0 Å². The number of likely N-dealkylation sites (N-methyl/N-ethyl adjacent to an activating group) is 2. The molecule has 1 aromatic carbocycles. The van der Waals surface area contributed by atoms with E-state index in [4.69, 9.17) is 0 Å². The van der Waals surface area contributed by atoms with Crippen LogP contribution in [0.4, 0.5) is 0 Å². The molecule has 3 heteroatoms. The van der Waals surface area contributed by atoms with Gasteiger partial charge in [0.1, 0.15) is 0 Å². The Kier molecular flexibility index (Phi) is 4.84. The van der Waals surface area contributed by atoms with E-state index in [1.807, 2.05) is 26.0 Å². The highest BCUT2D eigenvalue weighted by atomic mass is 16.1. The number of hydrogen-bond acceptors (Lipinski definition) is 3. The molecule has 0 unspecified atom stereocenters. The molecule has 0 aromatic heterocycles. The summed E-state index contributed by atoms with van der Waals surface area (Å²) in [4.78, 5) is 17.0. The van der Waals surface area contributed by atoms with Gasteiger partial charge in [0.05, 0.1) is 6.54 Å². The lowest BCUT2D eigenvalue weighted by Gasteiger charge is -2.49. The van der Waals surface area contributed by atoms with E-state index in [1.165, 1.54) is 19.3 Å². The molecule has 0 spiro atoms. The summed E-state index contributed by atoms with van der Waals surface area (Å²) in [5.41, 5.74) is 3.37. The van der Waals surface area contributed by atoms with Crippen molar-refractivity contribution in [2.75, 3.05) is 34.2 Å². The fraction of sp³-hybridized carbons (Fsp3) is 0.611. The van der Waals surface area contributed by atoms with Crippen LogP contribution in [0.2, 0.25) is 0 Å². The Morgan fingerprint density at radius 2 is 1.86 bits per heavy atom. The molecule has 0 heterocycles. The van der Waals surface area contributed by atoms with E-state index in [0.29, 0.717) is 6.54 Å². The van der Waals surface area contributed by atoms with E-state index >= 15 is 0 Å². The number of carbonyl (C=O) groups excluding carboxylic acids is 1. The molecule has 1 aliphatic rings. The summed E-state index contributed by atoms with van der Waals surface area (Å²) < 4.78 is 0. The number of nitrogens with zero attached hydrogens (tertiary/aromatic N) is 2. The minimum Gasteiger partial charge on any atom is -0.302 e. The van der Waals surface area contributed by atoms with Gasteiger partial charge in [0.2, 0.25) is 0 Å². The van der Waals surface area contributed by atoms with E-state index in [0.717, 1.165) is 23.2 Å². The highest BCUT2D eigenvalue weighted by Crippen LogP contribution is 2.36. The zero-order valence-corrected chi connectivity index (χ0v) is 14.1. The molecule has 0 aliphatic heterocycles. The molecule has 0 saturated heterocycles. The summed E-state index contributed by atoms with van der Waals surface area (Å²) >= 11 is 0. The molecule has 0 atom stereocenters. The summed E-state index contributed by atoms with van der Waals surface area (Å²) in [5.74, 6) is 0.229. The number of ketones is 1. The monoisotopic (exact) mass is 288 g/mol. The van der Waals surface area contributed by atoms with Crippen molar-refractivity contribution in [3.63, 3.8) is 0 Å². The Labute approximate surface area is 128 Å². The van der Waals surface area contributed by atoms with Crippen molar-refractivity contribution in [3.05, 3.63) is 34.9 Å². The third-order valence-corrected chi connectivity index (χ3v) is 4.90. The van der Waals surface area contributed by atoms with Crippen molar-refractivity contribution in [1.82, 2.24) is 9.80 Å². The first kappa shape index (κ1) is 16.2. The number of carbonyl (C=O) groups is 1. The summed E-state index contributed by atoms with van der Waals surface area (Å²) in [6.07, 6.45) is 3.78. The third-order valence-electron chi connectivity index (χ3n) is 4.90. The maximum atomic E-state index is 12.5. The SMILES string of the molecule is Cc1ccc(C)c(C(=O)CN(C)CC2(N(C)C)CCC2)c1. The van der Waals surface area contributed by atoms with Gasteiger partial charge in [-0.05, 0) is 65.9 Å². The normalized spacial score (nSPS) is 17.1. The zero-order valence-electron chi connectivity index (χ0n) is 14.1. The highest BCUT2D eigenvalue weighted by molar-refractivity contribution is 5.99. The molecule has 21 heavy (non-hydrogen) atoms. The Morgan fingerprint density at radius 1 is 1.19 bits per heavy atom. The minimum absolute atomic E-state index is 0.229. The lowest BCUT2D eigenvalue weighted by molar-refractivity contribution is 0.0280. The molecule has 0 N–H and O–H groups in total. The average molecular weight is 288 g/mol.